The maximum Gasteiger partial charge on any atom is 0.187 e. The number of allylic oxidation sites excluding steroid dienone is 10. The van der Waals surface area contributed by atoms with Crippen molar-refractivity contribution in [1.82, 2.24) is 10.6 Å². The van der Waals surface area contributed by atoms with Crippen LogP contribution in [0.5, 0.6) is 0 Å². The molecule has 0 aromatic rings. The summed E-state index contributed by atoms with van der Waals surface area (Å²) >= 11 is 0. The fraction of sp³-hybridized carbons (Fsp3) is 0.125. The van der Waals surface area contributed by atoms with E-state index in [0.717, 1.165) is 0 Å². The summed E-state index contributed by atoms with van der Waals surface area (Å²) in [6.45, 7) is 0. The first-order valence-corrected chi connectivity index (χ1v) is 6.22. The van der Waals surface area contributed by atoms with E-state index in [4.69, 9.17) is 0 Å². The van der Waals surface area contributed by atoms with E-state index in [9.17, 15) is 9.59 Å². The molecule has 1 radical (unpaired) electrons. The van der Waals surface area contributed by atoms with Gasteiger partial charge in [-0.25, -0.2) is 0 Å². The molecular formula is C16H18CuN2O2. The van der Waals surface area contributed by atoms with Gasteiger partial charge in [-0.05, 0) is 24.3 Å². The number of carbonyl (C=O) groups is 2. The summed E-state index contributed by atoms with van der Waals surface area (Å²) in [5, 5.41) is 5.60. The zero-order valence-electron chi connectivity index (χ0n) is 11.9. The minimum absolute atomic E-state index is 0. The van der Waals surface area contributed by atoms with Crippen molar-refractivity contribution in [3.8, 4) is 0 Å². The number of carbonyl (C=O) groups excluding carboxylic acids is 2. The first kappa shape index (κ1) is 18.9. The van der Waals surface area contributed by atoms with Crippen molar-refractivity contribution >= 4 is 11.6 Å². The van der Waals surface area contributed by atoms with E-state index < -0.39 is 0 Å². The Kier molecular flexibility index (Phi) is 9.59. The van der Waals surface area contributed by atoms with Crippen LogP contribution >= 0.6 is 0 Å². The van der Waals surface area contributed by atoms with E-state index in [1.54, 1.807) is 63.0 Å². The van der Waals surface area contributed by atoms with E-state index in [0.29, 0.717) is 11.1 Å². The molecule has 0 fully saturated rings. The van der Waals surface area contributed by atoms with Gasteiger partial charge in [0.25, 0.3) is 0 Å². The summed E-state index contributed by atoms with van der Waals surface area (Å²) in [6, 6.07) is 0. The number of ketones is 2. The SMILES string of the molecule is CNC=C1C=CC=CC1=O.CNC=C1C=CC=CC1=O.[Cu]. The molecule has 4 nitrogen and oxygen atoms in total. The number of nitrogens with one attached hydrogen (secondary N) is 2. The third kappa shape index (κ3) is 6.75. The standard InChI is InChI=1S/2C8H9NO.Cu/c2*1-9-6-7-4-2-3-5-8(7)10;/h2*2-6,9H,1H3;. The number of rotatable bonds is 2. The van der Waals surface area contributed by atoms with Crippen LogP contribution in [0.15, 0.2) is 72.2 Å². The third-order valence-corrected chi connectivity index (χ3v) is 2.44. The van der Waals surface area contributed by atoms with Crippen LogP contribution in [0.3, 0.4) is 0 Å². The van der Waals surface area contributed by atoms with Crippen LogP contribution in [0.1, 0.15) is 0 Å². The van der Waals surface area contributed by atoms with Crippen molar-refractivity contribution in [2.45, 2.75) is 0 Å². The Bertz CT molecular complexity index is 503. The van der Waals surface area contributed by atoms with Gasteiger partial charge in [-0.3, -0.25) is 9.59 Å². The molecule has 2 aliphatic rings. The summed E-state index contributed by atoms with van der Waals surface area (Å²) in [5.74, 6) is 0.105. The molecule has 2 N–H and O–H groups in total. The molecular weight excluding hydrogens is 316 g/mol. The molecule has 0 aromatic heterocycles. The maximum absolute atomic E-state index is 10.9. The van der Waals surface area contributed by atoms with Gasteiger partial charge < -0.3 is 10.6 Å². The van der Waals surface area contributed by atoms with Crippen molar-refractivity contribution in [3.05, 3.63) is 72.2 Å². The first-order valence-electron chi connectivity index (χ1n) is 6.22. The van der Waals surface area contributed by atoms with E-state index >= 15 is 0 Å². The van der Waals surface area contributed by atoms with Gasteiger partial charge in [0.15, 0.2) is 11.6 Å². The molecule has 0 bridgehead atoms. The van der Waals surface area contributed by atoms with Crippen molar-refractivity contribution < 1.29 is 26.7 Å². The minimum Gasteiger partial charge on any atom is -0.393 e. The predicted octanol–water partition coefficient (Wildman–Crippen LogP) is 1.57. The van der Waals surface area contributed by atoms with Crippen LogP contribution in [0, 0.1) is 0 Å². The predicted molar refractivity (Wildman–Crippen MR) is 80.9 cm³/mol. The fourth-order valence-corrected chi connectivity index (χ4v) is 1.51. The molecule has 21 heavy (non-hydrogen) atoms. The van der Waals surface area contributed by atoms with E-state index in [1.807, 2.05) is 12.2 Å². The van der Waals surface area contributed by atoms with Crippen LogP contribution < -0.4 is 10.6 Å². The average molecular weight is 334 g/mol. The molecule has 0 spiro atoms. The summed E-state index contributed by atoms with van der Waals surface area (Å²) in [6.07, 6.45) is 17.1. The molecule has 0 amide bonds. The molecule has 5 heteroatoms. The fourth-order valence-electron chi connectivity index (χ4n) is 1.51. The average Bonchev–Trinajstić information content (AvgIpc) is 2.45. The Morgan fingerprint density at radius 3 is 1.33 bits per heavy atom. The monoisotopic (exact) mass is 333 g/mol. The molecule has 115 valence electrons. The Morgan fingerprint density at radius 2 is 1.05 bits per heavy atom. The van der Waals surface area contributed by atoms with Gasteiger partial charge in [-0.1, -0.05) is 24.3 Å². The smallest absolute Gasteiger partial charge is 0.187 e. The molecule has 2 rings (SSSR count). The van der Waals surface area contributed by atoms with Gasteiger partial charge in [-0.15, -0.1) is 0 Å². The van der Waals surface area contributed by atoms with Crippen LogP contribution in [0.25, 0.3) is 0 Å². The van der Waals surface area contributed by atoms with Crippen molar-refractivity contribution in [1.29, 1.82) is 0 Å². The zero-order valence-corrected chi connectivity index (χ0v) is 12.8. The van der Waals surface area contributed by atoms with E-state index in [2.05, 4.69) is 10.6 Å². The molecule has 0 heterocycles. The van der Waals surface area contributed by atoms with Crippen molar-refractivity contribution in [3.63, 3.8) is 0 Å². The Balaban J connectivity index is 0.000000364. The minimum atomic E-state index is 0. The Labute approximate surface area is 135 Å². The van der Waals surface area contributed by atoms with Crippen LogP contribution in [0.4, 0.5) is 0 Å². The molecule has 0 atom stereocenters. The molecule has 0 aromatic carbocycles. The van der Waals surface area contributed by atoms with E-state index in [1.165, 1.54) is 0 Å². The Hall–Kier alpha value is -2.10. The van der Waals surface area contributed by atoms with Gasteiger partial charge in [0.2, 0.25) is 0 Å². The van der Waals surface area contributed by atoms with Gasteiger partial charge in [0, 0.05) is 54.7 Å². The first-order chi connectivity index (χ1) is 9.69. The van der Waals surface area contributed by atoms with E-state index in [-0.39, 0.29) is 28.6 Å². The van der Waals surface area contributed by atoms with Gasteiger partial charge >= 0.3 is 0 Å². The Morgan fingerprint density at radius 1 is 0.714 bits per heavy atom. The summed E-state index contributed by atoms with van der Waals surface area (Å²) in [5.41, 5.74) is 1.40. The quantitative estimate of drug-likeness (QED) is 0.595. The van der Waals surface area contributed by atoms with Crippen LogP contribution in [0.2, 0.25) is 0 Å². The normalized spacial score (nSPS) is 19.1. The van der Waals surface area contributed by atoms with Crippen molar-refractivity contribution in [2.24, 2.45) is 0 Å². The summed E-state index contributed by atoms with van der Waals surface area (Å²) in [7, 11) is 3.54. The maximum atomic E-state index is 10.9. The summed E-state index contributed by atoms with van der Waals surface area (Å²) in [4.78, 5) is 21.9. The van der Waals surface area contributed by atoms with Gasteiger partial charge in [0.05, 0.1) is 0 Å². The second kappa shape index (κ2) is 10.7. The zero-order chi connectivity index (χ0) is 14.8. The third-order valence-electron chi connectivity index (χ3n) is 2.44. The molecule has 0 aliphatic heterocycles. The van der Waals surface area contributed by atoms with Crippen molar-refractivity contribution in [2.75, 3.05) is 14.1 Å². The van der Waals surface area contributed by atoms with Crippen LogP contribution in [-0.4, -0.2) is 25.7 Å². The largest absolute Gasteiger partial charge is 0.393 e. The van der Waals surface area contributed by atoms with Crippen LogP contribution in [-0.2, 0) is 26.7 Å². The molecule has 0 saturated heterocycles. The van der Waals surface area contributed by atoms with Gasteiger partial charge in [-0.2, -0.15) is 0 Å². The second-order valence-electron chi connectivity index (χ2n) is 3.94. The topological polar surface area (TPSA) is 58.2 Å². The molecule has 0 saturated carbocycles. The van der Waals surface area contributed by atoms with Gasteiger partial charge in [0.1, 0.15) is 0 Å². The summed E-state index contributed by atoms with van der Waals surface area (Å²) < 4.78 is 0. The second-order valence-corrected chi connectivity index (χ2v) is 3.94. The molecule has 0 unspecified atom stereocenters. The molecule has 2 aliphatic carbocycles. The number of hydrogen-bond donors (Lipinski definition) is 2. The number of hydrogen-bond acceptors (Lipinski definition) is 4.